The first kappa shape index (κ1) is 11.1. The fraction of sp³-hybridized carbons (Fsp3) is 0.400. The molecule has 0 heterocycles. The van der Waals surface area contributed by atoms with Gasteiger partial charge in [0, 0.05) is 11.8 Å². The standard InChI is InChI=1S/C15H18O/c1-12(2)15(9-6-10-15)14(16)11-13-7-4-3-5-8-13/h3-5,7-8H,1,6,9-11H2,2H3. The van der Waals surface area contributed by atoms with E-state index in [1.807, 2.05) is 37.3 Å². The lowest BCUT2D eigenvalue weighted by Gasteiger charge is -2.41. The van der Waals surface area contributed by atoms with Crippen molar-refractivity contribution < 1.29 is 4.79 Å². The molecule has 1 aliphatic carbocycles. The highest BCUT2D eigenvalue weighted by Gasteiger charge is 2.43. The average molecular weight is 214 g/mol. The van der Waals surface area contributed by atoms with Gasteiger partial charge in [0.15, 0.2) is 0 Å². The summed E-state index contributed by atoms with van der Waals surface area (Å²) in [5, 5.41) is 0. The van der Waals surface area contributed by atoms with Crippen LogP contribution in [0.5, 0.6) is 0 Å². The number of hydrogen-bond acceptors (Lipinski definition) is 1. The van der Waals surface area contributed by atoms with E-state index in [4.69, 9.17) is 0 Å². The zero-order valence-electron chi connectivity index (χ0n) is 9.83. The Labute approximate surface area is 97.2 Å². The molecule has 1 aromatic carbocycles. The van der Waals surface area contributed by atoms with Gasteiger partial charge in [0.25, 0.3) is 0 Å². The smallest absolute Gasteiger partial charge is 0.147 e. The molecule has 1 saturated carbocycles. The van der Waals surface area contributed by atoms with Crippen LogP contribution in [-0.4, -0.2) is 5.78 Å². The molecule has 0 aliphatic heterocycles. The highest BCUT2D eigenvalue weighted by Crippen LogP contribution is 2.47. The fourth-order valence-corrected chi connectivity index (χ4v) is 2.42. The van der Waals surface area contributed by atoms with Crippen LogP contribution in [0.2, 0.25) is 0 Å². The molecule has 0 aromatic heterocycles. The maximum atomic E-state index is 12.3. The molecule has 84 valence electrons. The van der Waals surface area contributed by atoms with Gasteiger partial charge in [0.05, 0.1) is 0 Å². The van der Waals surface area contributed by atoms with Crippen molar-refractivity contribution in [3.05, 3.63) is 48.0 Å². The molecular weight excluding hydrogens is 196 g/mol. The van der Waals surface area contributed by atoms with Crippen molar-refractivity contribution in [2.45, 2.75) is 32.6 Å². The van der Waals surface area contributed by atoms with Crippen LogP contribution in [0.25, 0.3) is 0 Å². The first-order chi connectivity index (χ1) is 7.65. The second-order valence-corrected chi connectivity index (χ2v) is 4.80. The quantitative estimate of drug-likeness (QED) is 0.700. The lowest BCUT2D eigenvalue weighted by atomic mass is 9.61. The van der Waals surface area contributed by atoms with E-state index < -0.39 is 0 Å². The summed E-state index contributed by atoms with van der Waals surface area (Å²) in [4.78, 5) is 12.3. The van der Waals surface area contributed by atoms with Crippen LogP contribution in [-0.2, 0) is 11.2 Å². The number of Topliss-reactive ketones (excluding diaryl/α,β-unsaturated/α-hetero) is 1. The summed E-state index contributed by atoms with van der Waals surface area (Å²) < 4.78 is 0. The summed E-state index contributed by atoms with van der Waals surface area (Å²) in [6, 6.07) is 9.98. The number of carbonyl (C=O) groups excluding carboxylic acids is 1. The predicted octanol–water partition coefficient (Wildman–Crippen LogP) is 3.54. The number of benzene rings is 1. The van der Waals surface area contributed by atoms with Crippen LogP contribution in [0.1, 0.15) is 31.7 Å². The molecule has 0 amide bonds. The topological polar surface area (TPSA) is 17.1 Å². The summed E-state index contributed by atoms with van der Waals surface area (Å²) in [5.41, 5.74) is 1.95. The van der Waals surface area contributed by atoms with E-state index in [-0.39, 0.29) is 5.41 Å². The van der Waals surface area contributed by atoms with E-state index in [2.05, 4.69) is 6.58 Å². The molecule has 0 N–H and O–H groups in total. The van der Waals surface area contributed by atoms with Gasteiger partial charge in [-0.25, -0.2) is 0 Å². The fourth-order valence-electron chi connectivity index (χ4n) is 2.42. The van der Waals surface area contributed by atoms with Crippen molar-refractivity contribution in [3.63, 3.8) is 0 Å². The predicted molar refractivity (Wildman–Crippen MR) is 66.3 cm³/mol. The van der Waals surface area contributed by atoms with Crippen molar-refractivity contribution in [2.75, 3.05) is 0 Å². The number of rotatable bonds is 4. The van der Waals surface area contributed by atoms with E-state index in [0.29, 0.717) is 12.2 Å². The molecule has 2 rings (SSSR count). The summed E-state index contributed by atoms with van der Waals surface area (Å²) in [6.07, 6.45) is 3.70. The molecule has 0 radical (unpaired) electrons. The van der Waals surface area contributed by atoms with E-state index in [0.717, 1.165) is 30.4 Å². The lowest BCUT2D eigenvalue weighted by Crippen LogP contribution is -2.39. The maximum Gasteiger partial charge on any atom is 0.147 e. The summed E-state index contributed by atoms with van der Waals surface area (Å²) in [5.74, 6) is 0.345. The Balaban J connectivity index is 2.11. The van der Waals surface area contributed by atoms with Gasteiger partial charge in [-0.05, 0) is 25.3 Å². The first-order valence-electron chi connectivity index (χ1n) is 5.88. The van der Waals surface area contributed by atoms with Crippen LogP contribution in [0.15, 0.2) is 42.5 Å². The third-order valence-corrected chi connectivity index (χ3v) is 3.77. The first-order valence-corrected chi connectivity index (χ1v) is 5.88. The Bertz CT molecular complexity index is 399. The van der Waals surface area contributed by atoms with Crippen LogP contribution < -0.4 is 0 Å². The largest absolute Gasteiger partial charge is 0.298 e. The van der Waals surface area contributed by atoms with Gasteiger partial charge < -0.3 is 0 Å². The Hall–Kier alpha value is -1.37. The molecule has 0 saturated heterocycles. The molecule has 1 aliphatic rings. The number of hydrogen-bond donors (Lipinski definition) is 0. The zero-order valence-corrected chi connectivity index (χ0v) is 9.83. The number of ketones is 1. The highest BCUT2D eigenvalue weighted by atomic mass is 16.1. The molecule has 0 bridgehead atoms. The van der Waals surface area contributed by atoms with Crippen LogP contribution >= 0.6 is 0 Å². The normalized spacial score (nSPS) is 17.6. The molecule has 0 spiro atoms. The summed E-state index contributed by atoms with van der Waals surface area (Å²) in [6.45, 7) is 5.98. The van der Waals surface area contributed by atoms with Gasteiger partial charge in [-0.2, -0.15) is 0 Å². The van der Waals surface area contributed by atoms with Gasteiger partial charge in [-0.15, -0.1) is 0 Å². The van der Waals surface area contributed by atoms with Crippen molar-refractivity contribution in [2.24, 2.45) is 5.41 Å². The monoisotopic (exact) mass is 214 g/mol. The molecule has 1 nitrogen and oxygen atoms in total. The van der Waals surface area contributed by atoms with E-state index in [1.54, 1.807) is 0 Å². The van der Waals surface area contributed by atoms with E-state index in [1.165, 1.54) is 0 Å². The van der Waals surface area contributed by atoms with Gasteiger partial charge in [-0.3, -0.25) is 4.79 Å². The van der Waals surface area contributed by atoms with Gasteiger partial charge in [0.2, 0.25) is 0 Å². The molecule has 1 fully saturated rings. The third kappa shape index (κ3) is 1.82. The Morgan fingerprint density at radius 3 is 2.38 bits per heavy atom. The van der Waals surface area contributed by atoms with Crippen LogP contribution in [0, 0.1) is 5.41 Å². The van der Waals surface area contributed by atoms with Gasteiger partial charge in [-0.1, -0.05) is 48.9 Å². The molecule has 1 aromatic rings. The SMILES string of the molecule is C=C(C)C1(C(=O)Cc2ccccc2)CCC1. The van der Waals surface area contributed by atoms with Crippen molar-refractivity contribution in [1.29, 1.82) is 0 Å². The van der Waals surface area contributed by atoms with Crippen LogP contribution in [0.3, 0.4) is 0 Å². The summed E-state index contributed by atoms with van der Waals surface area (Å²) >= 11 is 0. The minimum absolute atomic E-state index is 0.199. The maximum absolute atomic E-state index is 12.3. The van der Waals surface area contributed by atoms with Crippen LogP contribution in [0.4, 0.5) is 0 Å². The Kier molecular flexibility index (Phi) is 2.95. The molecule has 16 heavy (non-hydrogen) atoms. The van der Waals surface area contributed by atoms with Crippen molar-refractivity contribution in [1.82, 2.24) is 0 Å². The number of allylic oxidation sites excluding steroid dienone is 1. The van der Waals surface area contributed by atoms with Crippen molar-refractivity contribution in [3.8, 4) is 0 Å². The molecule has 0 unspecified atom stereocenters. The van der Waals surface area contributed by atoms with Gasteiger partial charge in [0.1, 0.15) is 5.78 Å². The minimum atomic E-state index is -0.199. The summed E-state index contributed by atoms with van der Waals surface area (Å²) in [7, 11) is 0. The zero-order chi connectivity index (χ0) is 11.6. The Morgan fingerprint density at radius 1 is 1.31 bits per heavy atom. The van der Waals surface area contributed by atoms with E-state index >= 15 is 0 Å². The lowest BCUT2D eigenvalue weighted by molar-refractivity contribution is -0.130. The van der Waals surface area contributed by atoms with Gasteiger partial charge >= 0.3 is 0 Å². The second-order valence-electron chi connectivity index (χ2n) is 4.80. The molecular formula is C15H18O. The highest BCUT2D eigenvalue weighted by molar-refractivity contribution is 5.90. The average Bonchev–Trinajstić information content (AvgIpc) is 2.16. The third-order valence-electron chi connectivity index (χ3n) is 3.77. The molecule has 0 atom stereocenters. The second kappa shape index (κ2) is 4.25. The number of carbonyl (C=O) groups is 1. The minimum Gasteiger partial charge on any atom is -0.298 e. The van der Waals surface area contributed by atoms with E-state index in [9.17, 15) is 4.79 Å². The molecule has 1 heteroatoms. The Morgan fingerprint density at radius 2 is 1.94 bits per heavy atom. The van der Waals surface area contributed by atoms with Crippen molar-refractivity contribution >= 4 is 5.78 Å².